The zero-order valence-electron chi connectivity index (χ0n) is 11.2. The number of methoxy groups -OCH3 is 1. The maximum atomic E-state index is 11.7. The van der Waals surface area contributed by atoms with E-state index in [1.54, 1.807) is 19.2 Å². The number of ether oxygens (including phenoxy) is 2. The monoisotopic (exact) mass is 300 g/mol. The van der Waals surface area contributed by atoms with E-state index in [0.29, 0.717) is 5.75 Å². The fourth-order valence-corrected chi connectivity index (χ4v) is 2.51. The summed E-state index contributed by atoms with van der Waals surface area (Å²) in [4.78, 5) is 11.7. The van der Waals surface area contributed by atoms with Crippen LogP contribution in [0.4, 0.5) is 0 Å². The number of rotatable bonds is 5. The van der Waals surface area contributed by atoms with Crippen molar-refractivity contribution in [1.82, 2.24) is 0 Å². The predicted molar refractivity (Wildman–Crippen MR) is 71.0 cm³/mol. The molecule has 110 valence electrons. The molecule has 0 spiro atoms. The molecule has 1 saturated heterocycles. The first-order chi connectivity index (χ1) is 9.40. The van der Waals surface area contributed by atoms with Gasteiger partial charge in [0.15, 0.2) is 0 Å². The molecule has 1 aromatic carbocycles. The molecular weight excluding hydrogens is 284 g/mol. The zero-order chi connectivity index (χ0) is 14.8. The largest absolute Gasteiger partial charge is 0.497 e. The van der Waals surface area contributed by atoms with Crippen molar-refractivity contribution in [2.24, 2.45) is 5.92 Å². The molecule has 1 fully saturated rings. The summed E-state index contributed by atoms with van der Waals surface area (Å²) >= 11 is 0. The summed E-state index contributed by atoms with van der Waals surface area (Å²) in [6, 6.07) is 7.23. The fraction of sp³-hybridized carbons (Fsp3) is 0.462. The van der Waals surface area contributed by atoms with Crippen molar-refractivity contribution in [1.29, 1.82) is 0 Å². The highest BCUT2D eigenvalue weighted by molar-refractivity contribution is 7.85. The lowest BCUT2D eigenvalue weighted by atomic mass is 9.89. The first-order valence-corrected chi connectivity index (χ1v) is 7.87. The summed E-state index contributed by atoms with van der Waals surface area (Å²) < 4.78 is 36.9. The van der Waals surface area contributed by atoms with Crippen LogP contribution >= 0.6 is 0 Å². The van der Waals surface area contributed by atoms with Crippen LogP contribution in [0.5, 0.6) is 5.75 Å². The van der Waals surface area contributed by atoms with Gasteiger partial charge in [-0.25, -0.2) is 0 Å². The summed E-state index contributed by atoms with van der Waals surface area (Å²) in [5.41, 5.74) is 0.888. The van der Waals surface area contributed by atoms with Gasteiger partial charge in [-0.3, -0.25) is 8.98 Å². The number of esters is 1. The standard InChI is InChI=1S/C13H16O6S/c1-17-10-5-3-9(4-6-10)11-7-18-13(14)12(11)8-19-20(2,15)16/h3-6,11-12H,7-8H2,1-2H3. The molecule has 0 aromatic heterocycles. The van der Waals surface area contributed by atoms with Gasteiger partial charge in [-0.05, 0) is 17.7 Å². The minimum absolute atomic E-state index is 0.200. The van der Waals surface area contributed by atoms with E-state index in [-0.39, 0.29) is 19.1 Å². The number of cyclic esters (lactones) is 1. The molecule has 1 aliphatic heterocycles. The van der Waals surface area contributed by atoms with Gasteiger partial charge in [-0.15, -0.1) is 0 Å². The molecular formula is C13H16O6S. The average Bonchev–Trinajstić information content (AvgIpc) is 2.77. The second-order valence-electron chi connectivity index (χ2n) is 4.60. The Hall–Kier alpha value is -1.60. The van der Waals surface area contributed by atoms with Gasteiger partial charge in [0, 0.05) is 5.92 Å². The molecule has 0 saturated carbocycles. The molecule has 2 unspecified atom stereocenters. The summed E-state index contributed by atoms with van der Waals surface area (Å²) in [6.45, 7) is 0.0251. The molecule has 0 N–H and O–H groups in total. The molecule has 0 aliphatic carbocycles. The smallest absolute Gasteiger partial charge is 0.312 e. The normalized spacial score (nSPS) is 22.6. The van der Waals surface area contributed by atoms with Gasteiger partial charge >= 0.3 is 5.97 Å². The topological polar surface area (TPSA) is 78.9 Å². The number of hydrogen-bond acceptors (Lipinski definition) is 6. The van der Waals surface area contributed by atoms with E-state index in [9.17, 15) is 13.2 Å². The Bertz CT molecular complexity index is 577. The highest BCUT2D eigenvalue weighted by Gasteiger charge is 2.38. The van der Waals surface area contributed by atoms with Crippen LogP contribution in [0.1, 0.15) is 11.5 Å². The van der Waals surface area contributed by atoms with Crippen LogP contribution in [-0.4, -0.2) is 41.0 Å². The first-order valence-electron chi connectivity index (χ1n) is 6.05. The van der Waals surface area contributed by atoms with Crippen LogP contribution in [0.3, 0.4) is 0 Å². The molecule has 1 heterocycles. The minimum atomic E-state index is -3.58. The van der Waals surface area contributed by atoms with Gasteiger partial charge in [-0.1, -0.05) is 12.1 Å². The summed E-state index contributed by atoms with van der Waals surface area (Å²) in [5, 5.41) is 0. The fourth-order valence-electron chi connectivity index (χ4n) is 2.12. The highest BCUT2D eigenvalue weighted by atomic mass is 32.2. The van der Waals surface area contributed by atoms with E-state index in [2.05, 4.69) is 0 Å². The molecule has 1 aromatic rings. The van der Waals surface area contributed by atoms with Crippen molar-refractivity contribution in [3.63, 3.8) is 0 Å². The van der Waals surface area contributed by atoms with Crippen LogP contribution in [-0.2, 0) is 23.8 Å². The molecule has 2 atom stereocenters. The summed E-state index contributed by atoms with van der Waals surface area (Å²) in [5.74, 6) is -0.550. The third kappa shape index (κ3) is 3.49. The Kier molecular flexibility index (Phi) is 4.29. The van der Waals surface area contributed by atoms with Gasteiger partial charge in [0.25, 0.3) is 10.1 Å². The van der Waals surface area contributed by atoms with Gasteiger partial charge in [0.1, 0.15) is 5.75 Å². The van der Waals surface area contributed by atoms with Crippen molar-refractivity contribution in [3.8, 4) is 5.75 Å². The van der Waals surface area contributed by atoms with Crippen molar-refractivity contribution in [2.45, 2.75) is 5.92 Å². The summed E-state index contributed by atoms with van der Waals surface area (Å²) in [7, 11) is -2.01. The Morgan fingerprint density at radius 2 is 1.95 bits per heavy atom. The molecule has 7 heteroatoms. The third-order valence-corrected chi connectivity index (χ3v) is 3.76. The van der Waals surface area contributed by atoms with Crippen LogP contribution in [0.2, 0.25) is 0 Å². The number of carbonyl (C=O) groups excluding carboxylic acids is 1. The van der Waals surface area contributed by atoms with E-state index < -0.39 is 22.0 Å². The molecule has 1 aliphatic rings. The second-order valence-corrected chi connectivity index (χ2v) is 6.25. The molecule has 2 rings (SSSR count). The quantitative estimate of drug-likeness (QED) is 0.594. The van der Waals surface area contributed by atoms with Gasteiger partial charge in [0.05, 0.1) is 32.5 Å². The number of carbonyl (C=O) groups is 1. The van der Waals surface area contributed by atoms with E-state index in [1.165, 1.54) is 0 Å². The Morgan fingerprint density at radius 3 is 2.50 bits per heavy atom. The summed E-state index contributed by atoms with van der Waals surface area (Å²) in [6.07, 6.45) is 0.954. The molecule has 20 heavy (non-hydrogen) atoms. The van der Waals surface area contributed by atoms with Crippen molar-refractivity contribution in [2.75, 3.05) is 26.6 Å². The van der Waals surface area contributed by atoms with Crippen LogP contribution in [0, 0.1) is 5.92 Å². The maximum absolute atomic E-state index is 11.7. The molecule has 0 radical (unpaired) electrons. The number of hydrogen-bond donors (Lipinski definition) is 0. The minimum Gasteiger partial charge on any atom is -0.497 e. The average molecular weight is 300 g/mol. The van der Waals surface area contributed by atoms with E-state index >= 15 is 0 Å². The van der Waals surface area contributed by atoms with Crippen LogP contribution in [0.15, 0.2) is 24.3 Å². The maximum Gasteiger partial charge on any atom is 0.312 e. The number of benzene rings is 1. The van der Waals surface area contributed by atoms with Crippen LogP contribution in [0.25, 0.3) is 0 Å². The Morgan fingerprint density at radius 1 is 1.30 bits per heavy atom. The molecule has 0 bridgehead atoms. The molecule has 6 nitrogen and oxygen atoms in total. The lowest BCUT2D eigenvalue weighted by molar-refractivity contribution is -0.141. The lowest BCUT2D eigenvalue weighted by Crippen LogP contribution is -2.22. The van der Waals surface area contributed by atoms with Gasteiger partial charge < -0.3 is 9.47 Å². The van der Waals surface area contributed by atoms with Crippen molar-refractivity contribution < 1.29 is 26.9 Å². The van der Waals surface area contributed by atoms with Crippen molar-refractivity contribution >= 4 is 16.1 Å². The Labute approximate surface area is 117 Å². The zero-order valence-corrected chi connectivity index (χ0v) is 12.1. The third-order valence-electron chi connectivity index (χ3n) is 3.20. The SMILES string of the molecule is COc1ccc(C2COC(=O)C2COS(C)(=O)=O)cc1. The lowest BCUT2D eigenvalue weighted by Gasteiger charge is -2.15. The second kappa shape index (κ2) is 5.80. The van der Waals surface area contributed by atoms with Crippen LogP contribution < -0.4 is 4.74 Å². The predicted octanol–water partition coefficient (Wildman–Crippen LogP) is 0.928. The van der Waals surface area contributed by atoms with E-state index in [4.69, 9.17) is 13.7 Å². The highest BCUT2D eigenvalue weighted by Crippen LogP contribution is 2.33. The van der Waals surface area contributed by atoms with Gasteiger partial charge in [0.2, 0.25) is 0 Å². The van der Waals surface area contributed by atoms with Crippen molar-refractivity contribution in [3.05, 3.63) is 29.8 Å². The van der Waals surface area contributed by atoms with E-state index in [0.717, 1.165) is 11.8 Å². The Balaban J connectivity index is 2.14. The van der Waals surface area contributed by atoms with Gasteiger partial charge in [-0.2, -0.15) is 8.42 Å². The first kappa shape index (κ1) is 14.8. The van der Waals surface area contributed by atoms with E-state index in [1.807, 2.05) is 12.1 Å². The molecule has 0 amide bonds.